The summed E-state index contributed by atoms with van der Waals surface area (Å²) in [6.45, 7) is 0. The van der Waals surface area contributed by atoms with Crippen molar-refractivity contribution in [2.24, 2.45) is 0 Å². The number of hydrogen-bond donors (Lipinski definition) is 2. The summed E-state index contributed by atoms with van der Waals surface area (Å²) in [5, 5.41) is 8.17. The molecule has 1 fully saturated rings. The van der Waals surface area contributed by atoms with Crippen LogP contribution in [0.4, 0.5) is 11.4 Å². The first-order chi connectivity index (χ1) is 16.1. The summed E-state index contributed by atoms with van der Waals surface area (Å²) >= 11 is 1.37. The highest BCUT2D eigenvalue weighted by Gasteiger charge is 2.28. The third-order valence-electron chi connectivity index (χ3n) is 5.52. The Morgan fingerprint density at radius 1 is 1.00 bits per heavy atom. The van der Waals surface area contributed by atoms with Crippen molar-refractivity contribution in [2.45, 2.75) is 31.7 Å². The van der Waals surface area contributed by atoms with Crippen LogP contribution < -0.4 is 16.2 Å². The van der Waals surface area contributed by atoms with E-state index in [9.17, 15) is 14.4 Å². The lowest BCUT2D eigenvalue weighted by Crippen LogP contribution is -2.25. The predicted octanol–water partition coefficient (Wildman–Crippen LogP) is 4.62. The number of fused-ring (bicyclic) bond motifs is 1. The van der Waals surface area contributed by atoms with Gasteiger partial charge in [0.05, 0.1) is 15.8 Å². The maximum Gasteiger partial charge on any atom is 0.265 e. The van der Waals surface area contributed by atoms with Gasteiger partial charge in [-0.3, -0.25) is 19.0 Å². The Bertz CT molecular complexity index is 1390. The maximum absolute atomic E-state index is 13.0. The van der Waals surface area contributed by atoms with Gasteiger partial charge < -0.3 is 10.6 Å². The third kappa shape index (κ3) is 4.70. The minimum Gasteiger partial charge on any atom is -0.326 e. The van der Waals surface area contributed by atoms with Crippen molar-refractivity contribution in [1.82, 2.24) is 9.55 Å². The molecule has 0 radical (unpaired) electrons. The minimum absolute atomic E-state index is 0.0345. The first-order valence-electron chi connectivity index (χ1n) is 10.8. The highest BCUT2D eigenvalue weighted by atomic mass is 32.1. The van der Waals surface area contributed by atoms with Crippen molar-refractivity contribution in [1.29, 1.82) is 0 Å². The monoisotopic (exact) mass is 458 g/mol. The fourth-order valence-electron chi connectivity index (χ4n) is 3.80. The Kier molecular flexibility index (Phi) is 5.75. The van der Waals surface area contributed by atoms with Gasteiger partial charge in [-0.05, 0) is 54.6 Å². The fraction of sp³-hybridized carbons (Fsp3) is 0.200. The summed E-state index contributed by atoms with van der Waals surface area (Å²) in [4.78, 5) is 43.2. The second kappa shape index (κ2) is 8.99. The number of thiophene rings is 1. The first-order valence-corrected chi connectivity index (χ1v) is 11.7. The topological polar surface area (TPSA) is 93.1 Å². The van der Waals surface area contributed by atoms with Crippen LogP contribution in [0.25, 0.3) is 10.9 Å². The molecule has 1 aliphatic carbocycles. The van der Waals surface area contributed by atoms with Crippen LogP contribution >= 0.6 is 11.3 Å². The molecule has 2 N–H and O–H groups in total. The van der Waals surface area contributed by atoms with Gasteiger partial charge in [0.25, 0.3) is 11.5 Å². The molecule has 2 amide bonds. The number of anilines is 2. The summed E-state index contributed by atoms with van der Waals surface area (Å²) in [5.74, 6) is 0.281. The maximum atomic E-state index is 13.0. The van der Waals surface area contributed by atoms with Crippen LogP contribution in [0.1, 0.15) is 40.8 Å². The number of rotatable bonds is 7. The van der Waals surface area contributed by atoms with Crippen molar-refractivity contribution >= 4 is 45.4 Å². The molecule has 166 valence electrons. The Hall–Kier alpha value is -3.78. The molecule has 0 saturated heterocycles. The number of hydrogen-bond acceptors (Lipinski definition) is 5. The number of aromatic nitrogens is 2. The molecule has 8 heteroatoms. The van der Waals surface area contributed by atoms with Gasteiger partial charge in [-0.1, -0.05) is 24.3 Å². The van der Waals surface area contributed by atoms with Crippen LogP contribution in [0, 0.1) is 0 Å². The van der Waals surface area contributed by atoms with Gasteiger partial charge in [0.15, 0.2) is 0 Å². The van der Waals surface area contributed by atoms with Crippen LogP contribution in [-0.4, -0.2) is 21.4 Å². The molecule has 0 aliphatic heterocycles. The standard InChI is InChI=1S/C25H22N4O3S/c30-23(26-16-5-3-6-17(15-16)27-24(31)21-9-4-14-33-21)13-12-22-28-20-8-2-1-7-19(20)25(32)29(22)18-10-11-18/h1-9,14-15,18H,10-13H2,(H,26,30)(H,27,31). The first kappa shape index (κ1) is 21.1. The van der Waals surface area contributed by atoms with Crippen LogP contribution in [0.15, 0.2) is 70.8 Å². The number of amides is 2. The summed E-state index contributed by atoms with van der Waals surface area (Å²) in [5.41, 5.74) is 1.82. The van der Waals surface area contributed by atoms with Gasteiger partial charge in [-0.15, -0.1) is 11.3 Å². The van der Waals surface area contributed by atoms with Gasteiger partial charge in [0, 0.05) is 30.3 Å². The summed E-state index contributed by atoms with van der Waals surface area (Å²) in [6.07, 6.45) is 2.49. The lowest BCUT2D eigenvalue weighted by atomic mass is 10.2. The summed E-state index contributed by atoms with van der Waals surface area (Å²) in [7, 11) is 0. The zero-order valence-corrected chi connectivity index (χ0v) is 18.6. The van der Waals surface area contributed by atoms with Crippen molar-refractivity contribution in [2.75, 3.05) is 10.6 Å². The average molecular weight is 459 g/mol. The van der Waals surface area contributed by atoms with E-state index in [2.05, 4.69) is 15.6 Å². The largest absolute Gasteiger partial charge is 0.326 e. The zero-order valence-electron chi connectivity index (χ0n) is 17.8. The smallest absolute Gasteiger partial charge is 0.265 e. The number of carbonyl (C=O) groups is 2. The molecule has 4 aromatic rings. The molecule has 2 aromatic heterocycles. The number of nitrogens with one attached hydrogen (secondary N) is 2. The second-order valence-corrected chi connectivity index (χ2v) is 8.96. The van der Waals surface area contributed by atoms with E-state index in [0.717, 1.165) is 12.8 Å². The number of carbonyl (C=O) groups excluding carboxylic acids is 2. The molecule has 7 nitrogen and oxygen atoms in total. The number of nitrogens with zero attached hydrogens (tertiary/aromatic N) is 2. The van der Waals surface area contributed by atoms with Gasteiger partial charge in [-0.25, -0.2) is 4.98 Å². The van der Waals surface area contributed by atoms with Crippen molar-refractivity contribution in [3.63, 3.8) is 0 Å². The van der Waals surface area contributed by atoms with Gasteiger partial charge in [0.1, 0.15) is 5.82 Å². The number of benzene rings is 2. The predicted molar refractivity (Wildman–Crippen MR) is 130 cm³/mol. The van der Waals surface area contributed by atoms with E-state index in [1.54, 1.807) is 41.0 Å². The van der Waals surface area contributed by atoms with E-state index < -0.39 is 0 Å². The van der Waals surface area contributed by atoms with Crippen LogP contribution in [-0.2, 0) is 11.2 Å². The number of aryl methyl sites for hydroxylation is 1. The molecular weight excluding hydrogens is 436 g/mol. The summed E-state index contributed by atoms with van der Waals surface area (Å²) < 4.78 is 1.76. The van der Waals surface area contributed by atoms with E-state index >= 15 is 0 Å². The Balaban J connectivity index is 1.27. The van der Waals surface area contributed by atoms with E-state index in [1.165, 1.54) is 11.3 Å². The highest BCUT2D eigenvalue weighted by molar-refractivity contribution is 7.12. The summed E-state index contributed by atoms with van der Waals surface area (Å²) in [6, 6.07) is 18.1. The molecule has 0 bridgehead atoms. The van der Waals surface area contributed by atoms with Gasteiger partial charge in [0.2, 0.25) is 5.91 Å². The SMILES string of the molecule is O=C(CCc1nc2ccccc2c(=O)n1C1CC1)Nc1cccc(NC(=O)c2cccs2)c1. The minimum atomic E-state index is -0.186. The van der Waals surface area contributed by atoms with Gasteiger partial charge >= 0.3 is 0 Å². The Morgan fingerprint density at radius 2 is 1.79 bits per heavy atom. The molecule has 0 atom stereocenters. The van der Waals surface area contributed by atoms with Crippen molar-refractivity contribution < 1.29 is 9.59 Å². The molecule has 2 aromatic carbocycles. The Morgan fingerprint density at radius 3 is 2.55 bits per heavy atom. The third-order valence-corrected chi connectivity index (χ3v) is 6.39. The van der Waals surface area contributed by atoms with Crippen LogP contribution in [0.3, 0.4) is 0 Å². The molecule has 1 aliphatic rings. The Labute approximate surface area is 194 Å². The van der Waals surface area contributed by atoms with E-state index in [-0.39, 0.29) is 29.8 Å². The van der Waals surface area contributed by atoms with Crippen molar-refractivity contribution in [3.8, 4) is 0 Å². The van der Waals surface area contributed by atoms with Gasteiger partial charge in [-0.2, -0.15) is 0 Å². The second-order valence-electron chi connectivity index (χ2n) is 8.01. The fourth-order valence-corrected chi connectivity index (χ4v) is 4.42. The zero-order chi connectivity index (χ0) is 22.8. The average Bonchev–Trinajstić information content (AvgIpc) is 3.49. The molecule has 0 spiro atoms. The van der Waals surface area contributed by atoms with Crippen molar-refractivity contribution in [3.05, 3.63) is 87.1 Å². The highest BCUT2D eigenvalue weighted by Crippen LogP contribution is 2.35. The lowest BCUT2D eigenvalue weighted by Gasteiger charge is -2.13. The van der Waals surface area contributed by atoms with Crippen LogP contribution in [0.5, 0.6) is 0 Å². The lowest BCUT2D eigenvalue weighted by molar-refractivity contribution is -0.116. The van der Waals surface area contributed by atoms with Crippen LogP contribution in [0.2, 0.25) is 0 Å². The molecule has 0 unspecified atom stereocenters. The molecule has 1 saturated carbocycles. The van der Waals surface area contributed by atoms with E-state index in [0.29, 0.717) is 39.4 Å². The molecule has 33 heavy (non-hydrogen) atoms. The van der Waals surface area contributed by atoms with E-state index in [1.807, 2.05) is 29.6 Å². The molecule has 5 rings (SSSR count). The molecular formula is C25H22N4O3S. The normalized spacial score (nSPS) is 13.1. The number of para-hydroxylation sites is 1. The molecule has 2 heterocycles. The quantitative estimate of drug-likeness (QED) is 0.423. The van der Waals surface area contributed by atoms with E-state index in [4.69, 9.17) is 0 Å².